The number of ether oxygens (including phenoxy) is 2. The van der Waals surface area contributed by atoms with Crippen molar-refractivity contribution in [2.45, 2.75) is 31.7 Å². The number of carbonyl (C=O) groups excluding carboxylic acids is 3. The molecule has 2 fully saturated rings. The number of aliphatic imine (C=N–C) groups is 1. The van der Waals surface area contributed by atoms with Crippen molar-refractivity contribution < 1.29 is 23.9 Å². The van der Waals surface area contributed by atoms with Crippen LogP contribution in [0.25, 0.3) is 0 Å². The van der Waals surface area contributed by atoms with Gasteiger partial charge in [0, 0.05) is 25.3 Å². The lowest BCUT2D eigenvalue weighted by molar-refractivity contribution is -0.138. The molecule has 1 aromatic rings. The van der Waals surface area contributed by atoms with E-state index in [4.69, 9.17) is 15.2 Å². The molecule has 5 rings (SSSR count). The number of fused-ring (bicyclic) bond motifs is 4. The van der Waals surface area contributed by atoms with Crippen molar-refractivity contribution >= 4 is 29.1 Å². The normalized spacial score (nSPS) is 34.7. The number of piperazine rings is 1. The number of aryl methyl sites for hydroxylation is 1. The topological polar surface area (TPSA) is 133 Å². The van der Waals surface area contributed by atoms with Gasteiger partial charge in [0.05, 0.1) is 35.0 Å². The highest BCUT2D eigenvalue weighted by atomic mass is 16.6. The Bertz CT molecular complexity index is 1060. The molecular weight excluding hydrogens is 400 g/mol. The second kappa shape index (κ2) is 6.73. The first-order chi connectivity index (χ1) is 14.8. The Morgan fingerprint density at radius 2 is 2.03 bits per heavy atom. The van der Waals surface area contributed by atoms with Crippen LogP contribution in [0.2, 0.25) is 0 Å². The maximum Gasteiger partial charge on any atom is 0.404 e. The van der Waals surface area contributed by atoms with E-state index in [-0.39, 0.29) is 36.0 Å². The number of hydrogen-bond donors (Lipinski definition) is 2. The van der Waals surface area contributed by atoms with Gasteiger partial charge < -0.3 is 25.4 Å². The third kappa shape index (κ3) is 2.69. The maximum atomic E-state index is 13.7. The highest BCUT2D eigenvalue weighted by Gasteiger charge is 2.73. The van der Waals surface area contributed by atoms with Gasteiger partial charge in [-0.3, -0.25) is 9.59 Å². The second-order valence-corrected chi connectivity index (χ2v) is 8.51. The van der Waals surface area contributed by atoms with E-state index in [1.807, 2.05) is 36.1 Å². The number of Topliss-reactive ketones (excluding diaryl/α,β-unsaturated/α-hetero) is 2. The van der Waals surface area contributed by atoms with E-state index < -0.39 is 23.7 Å². The van der Waals surface area contributed by atoms with E-state index in [1.165, 1.54) is 0 Å². The summed E-state index contributed by atoms with van der Waals surface area (Å²) in [5.74, 6) is -1.84. The number of rotatable bonds is 4. The SMILES string of the molecule is COC12C(COC(N)=O)C3=C(C(=O)C(C)C(=Nc4ccc(C)cc4)C3=O)N1CC1NC12. The van der Waals surface area contributed by atoms with E-state index in [1.54, 1.807) is 14.0 Å². The highest BCUT2D eigenvalue weighted by molar-refractivity contribution is 6.53. The van der Waals surface area contributed by atoms with Crippen LogP contribution in [0.15, 0.2) is 40.5 Å². The molecule has 0 radical (unpaired) electrons. The molecule has 5 atom stereocenters. The molecule has 0 aromatic heterocycles. The van der Waals surface area contributed by atoms with E-state index in [2.05, 4.69) is 10.3 Å². The molecule has 3 aliphatic heterocycles. The van der Waals surface area contributed by atoms with Crippen molar-refractivity contribution in [3.8, 4) is 0 Å². The van der Waals surface area contributed by atoms with E-state index >= 15 is 0 Å². The number of primary amides is 1. The zero-order chi connectivity index (χ0) is 22.1. The largest absolute Gasteiger partial charge is 0.449 e. The average molecular weight is 424 g/mol. The number of allylic oxidation sites excluding steroid dienone is 1. The van der Waals surface area contributed by atoms with Gasteiger partial charge in [0.15, 0.2) is 11.5 Å². The second-order valence-electron chi connectivity index (χ2n) is 8.51. The summed E-state index contributed by atoms with van der Waals surface area (Å²) in [6.45, 7) is 4.05. The number of ketones is 2. The first-order valence-electron chi connectivity index (χ1n) is 10.3. The number of carbonyl (C=O) groups is 3. The molecule has 3 N–H and O–H groups in total. The third-order valence-electron chi connectivity index (χ3n) is 6.82. The summed E-state index contributed by atoms with van der Waals surface area (Å²) in [6, 6.07) is 7.51. The van der Waals surface area contributed by atoms with Gasteiger partial charge in [0.2, 0.25) is 5.78 Å². The molecule has 0 saturated carbocycles. The number of nitrogens with one attached hydrogen (secondary N) is 1. The number of hydrogen-bond acceptors (Lipinski definition) is 8. The van der Waals surface area contributed by atoms with Crippen LogP contribution in [0.5, 0.6) is 0 Å². The molecule has 1 aromatic carbocycles. The van der Waals surface area contributed by atoms with Crippen LogP contribution in [0.3, 0.4) is 0 Å². The first-order valence-corrected chi connectivity index (χ1v) is 10.3. The Kier molecular flexibility index (Phi) is 4.32. The van der Waals surface area contributed by atoms with Crippen LogP contribution in [-0.4, -0.2) is 66.3 Å². The summed E-state index contributed by atoms with van der Waals surface area (Å²) in [6.07, 6.45) is -0.943. The van der Waals surface area contributed by atoms with Crippen LogP contribution >= 0.6 is 0 Å². The van der Waals surface area contributed by atoms with Crippen molar-refractivity contribution in [3.05, 3.63) is 41.1 Å². The van der Waals surface area contributed by atoms with Gasteiger partial charge in [-0.2, -0.15) is 0 Å². The fraction of sp³-hybridized carbons (Fsp3) is 0.455. The van der Waals surface area contributed by atoms with Crippen molar-refractivity contribution in [1.82, 2.24) is 10.2 Å². The third-order valence-corrected chi connectivity index (χ3v) is 6.82. The fourth-order valence-corrected chi connectivity index (χ4v) is 5.29. The predicted octanol–water partition coefficient (Wildman–Crippen LogP) is 0.833. The molecule has 162 valence electrons. The number of methoxy groups -OCH3 is 1. The lowest BCUT2D eigenvalue weighted by Crippen LogP contribution is -2.55. The summed E-state index contributed by atoms with van der Waals surface area (Å²) in [7, 11) is 1.55. The molecule has 4 aliphatic rings. The van der Waals surface area contributed by atoms with Gasteiger partial charge in [-0.1, -0.05) is 17.7 Å². The summed E-state index contributed by atoms with van der Waals surface area (Å²) < 4.78 is 11.1. The molecular formula is C22H24N4O5. The Balaban J connectivity index is 1.62. The summed E-state index contributed by atoms with van der Waals surface area (Å²) >= 11 is 0. The quantitative estimate of drug-likeness (QED) is 0.684. The Morgan fingerprint density at radius 3 is 2.68 bits per heavy atom. The molecule has 3 heterocycles. The van der Waals surface area contributed by atoms with Gasteiger partial charge in [-0.25, -0.2) is 9.79 Å². The van der Waals surface area contributed by atoms with Crippen LogP contribution < -0.4 is 11.1 Å². The number of amides is 1. The van der Waals surface area contributed by atoms with Crippen LogP contribution in [0, 0.1) is 18.8 Å². The summed E-state index contributed by atoms with van der Waals surface area (Å²) in [5.41, 5.74) is 6.74. The molecule has 9 heteroatoms. The van der Waals surface area contributed by atoms with Gasteiger partial charge in [0.25, 0.3) is 0 Å². The predicted molar refractivity (Wildman–Crippen MR) is 111 cm³/mol. The van der Waals surface area contributed by atoms with Crippen molar-refractivity contribution in [3.63, 3.8) is 0 Å². The summed E-state index contributed by atoms with van der Waals surface area (Å²) in [4.78, 5) is 44.9. The van der Waals surface area contributed by atoms with E-state index in [0.29, 0.717) is 23.5 Å². The molecule has 31 heavy (non-hydrogen) atoms. The van der Waals surface area contributed by atoms with Gasteiger partial charge in [-0.05, 0) is 26.0 Å². The number of nitrogens with zero attached hydrogens (tertiary/aromatic N) is 2. The van der Waals surface area contributed by atoms with Crippen LogP contribution in [0.1, 0.15) is 12.5 Å². The maximum absolute atomic E-state index is 13.7. The lowest BCUT2D eigenvalue weighted by atomic mass is 9.78. The minimum atomic E-state index is -0.977. The average Bonchev–Trinajstić information content (AvgIpc) is 3.35. The minimum absolute atomic E-state index is 0.0713. The van der Waals surface area contributed by atoms with Crippen molar-refractivity contribution in [1.29, 1.82) is 0 Å². The first kappa shape index (κ1) is 19.9. The van der Waals surface area contributed by atoms with Crippen molar-refractivity contribution in [2.24, 2.45) is 22.6 Å². The monoisotopic (exact) mass is 424 g/mol. The standard InChI is InChI=1S/C22H24N4O5/c1-10-4-6-12(7-5-10)24-16-11(2)18(27)17-15(19(16)28)13(9-31-21(23)29)22(30-3)20-14(25-20)8-26(17)22/h4-7,11,13-14,20,25H,8-9H2,1-3H3,(H2,23,29). The number of nitrogens with two attached hydrogens (primary N) is 1. The number of benzene rings is 1. The molecule has 1 amide bonds. The minimum Gasteiger partial charge on any atom is -0.449 e. The molecule has 2 saturated heterocycles. The Labute approximate surface area is 179 Å². The zero-order valence-electron chi connectivity index (χ0n) is 17.5. The van der Waals surface area contributed by atoms with Crippen molar-refractivity contribution in [2.75, 3.05) is 20.3 Å². The molecule has 9 nitrogen and oxygen atoms in total. The molecule has 5 unspecified atom stereocenters. The highest BCUT2D eigenvalue weighted by Crippen LogP contribution is 2.55. The zero-order valence-corrected chi connectivity index (χ0v) is 17.5. The van der Waals surface area contributed by atoms with Gasteiger partial charge >= 0.3 is 6.09 Å². The van der Waals surface area contributed by atoms with Crippen LogP contribution in [0.4, 0.5) is 10.5 Å². The molecule has 0 bridgehead atoms. The molecule has 0 spiro atoms. The fourth-order valence-electron chi connectivity index (χ4n) is 5.29. The Hall–Kier alpha value is -3.04. The molecule has 1 aliphatic carbocycles. The van der Waals surface area contributed by atoms with Gasteiger partial charge in [0.1, 0.15) is 6.61 Å². The lowest BCUT2D eigenvalue weighted by Gasteiger charge is -2.39. The van der Waals surface area contributed by atoms with E-state index in [0.717, 1.165) is 5.56 Å². The van der Waals surface area contributed by atoms with E-state index in [9.17, 15) is 14.4 Å². The smallest absolute Gasteiger partial charge is 0.404 e. The van der Waals surface area contributed by atoms with Gasteiger partial charge in [-0.15, -0.1) is 0 Å². The Morgan fingerprint density at radius 1 is 1.32 bits per heavy atom. The summed E-state index contributed by atoms with van der Waals surface area (Å²) in [5, 5.41) is 3.34. The van der Waals surface area contributed by atoms with Crippen LogP contribution in [-0.2, 0) is 19.1 Å².